The van der Waals surface area contributed by atoms with E-state index in [1.54, 1.807) is 0 Å². The fraction of sp³-hybridized carbons (Fsp3) is 0.933. The zero-order chi connectivity index (χ0) is 14.6. The van der Waals surface area contributed by atoms with Crippen LogP contribution in [0.1, 0.15) is 46.0 Å². The Morgan fingerprint density at radius 1 is 1.23 bits per heavy atom. The Bertz CT molecular complexity index is 329. The van der Waals surface area contributed by atoms with Crippen molar-refractivity contribution < 1.29 is 9.53 Å². The lowest BCUT2D eigenvalue weighted by Crippen LogP contribution is -2.52. The number of amides is 1. The van der Waals surface area contributed by atoms with Crippen molar-refractivity contribution in [2.24, 2.45) is 5.73 Å². The second-order valence-electron chi connectivity index (χ2n) is 6.49. The lowest BCUT2D eigenvalue weighted by atomic mass is 9.98. The number of carbonyl (C=O) groups excluding carboxylic acids is 1. The molecular weight excluding hydrogens is 325 g/mol. The molecule has 1 aliphatic carbocycles. The van der Waals surface area contributed by atoms with E-state index < -0.39 is 5.54 Å². The van der Waals surface area contributed by atoms with Crippen molar-refractivity contribution in [1.29, 1.82) is 0 Å². The molecule has 2 atom stereocenters. The first-order chi connectivity index (χ1) is 9.49. The van der Waals surface area contributed by atoms with Crippen molar-refractivity contribution in [3.63, 3.8) is 0 Å². The van der Waals surface area contributed by atoms with Crippen LogP contribution >= 0.6 is 24.8 Å². The van der Waals surface area contributed by atoms with E-state index >= 15 is 0 Å². The lowest BCUT2D eigenvalue weighted by Gasteiger charge is -2.35. The van der Waals surface area contributed by atoms with Crippen molar-refractivity contribution in [2.75, 3.05) is 26.2 Å². The number of carbonyl (C=O) groups is 1. The SMILES string of the molecule is CC1CN(CCCNC(=O)C2(N)CCCC2)CC(C)O1.Cl.Cl. The van der Waals surface area contributed by atoms with E-state index in [1.807, 2.05) is 0 Å². The zero-order valence-corrected chi connectivity index (χ0v) is 15.3. The molecule has 1 amide bonds. The number of nitrogens with one attached hydrogen (secondary N) is 1. The molecule has 0 aromatic carbocycles. The smallest absolute Gasteiger partial charge is 0.240 e. The minimum Gasteiger partial charge on any atom is -0.373 e. The lowest BCUT2D eigenvalue weighted by molar-refractivity contribution is -0.126. The second kappa shape index (κ2) is 9.93. The Balaban J connectivity index is 0.00000220. The number of ether oxygens (including phenoxy) is 1. The van der Waals surface area contributed by atoms with Crippen LogP contribution < -0.4 is 11.1 Å². The minimum atomic E-state index is -0.595. The molecule has 7 heteroatoms. The van der Waals surface area contributed by atoms with Gasteiger partial charge in [-0.05, 0) is 33.1 Å². The van der Waals surface area contributed by atoms with Crippen molar-refractivity contribution in [1.82, 2.24) is 10.2 Å². The van der Waals surface area contributed by atoms with Crippen molar-refractivity contribution in [3.05, 3.63) is 0 Å². The summed E-state index contributed by atoms with van der Waals surface area (Å²) in [5.74, 6) is 0.0405. The zero-order valence-electron chi connectivity index (χ0n) is 13.7. The normalized spacial score (nSPS) is 27.6. The van der Waals surface area contributed by atoms with Gasteiger partial charge in [0.25, 0.3) is 0 Å². The van der Waals surface area contributed by atoms with Gasteiger partial charge in [-0.15, -0.1) is 24.8 Å². The number of morpholine rings is 1. The number of nitrogens with two attached hydrogens (primary N) is 1. The van der Waals surface area contributed by atoms with Gasteiger partial charge in [0.05, 0.1) is 17.7 Å². The summed E-state index contributed by atoms with van der Waals surface area (Å²) in [6.45, 7) is 7.93. The van der Waals surface area contributed by atoms with Crippen molar-refractivity contribution in [2.45, 2.75) is 63.7 Å². The van der Waals surface area contributed by atoms with Crippen LogP contribution in [0.15, 0.2) is 0 Å². The van der Waals surface area contributed by atoms with Crippen LogP contribution in [0, 0.1) is 0 Å². The molecule has 1 saturated carbocycles. The highest BCUT2D eigenvalue weighted by Crippen LogP contribution is 2.27. The van der Waals surface area contributed by atoms with E-state index in [4.69, 9.17) is 10.5 Å². The molecule has 132 valence electrons. The summed E-state index contributed by atoms with van der Waals surface area (Å²) in [5.41, 5.74) is 5.53. The first kappa shape index (κ1) is 21.9. The Hall–Kier alpha value is -0.0700. The summed E-state index contributed by atoms with van der Waals surface area (Å²) in [4.78, 5) is 14.5. The van der Waals surface area contributed by atoms with Crippen molar-refractivity contribution >= 4 is 30.7 Å². The summed E-state index contributed by atoms with van der Waals surface area (Å²) in [7, 11) is 0. The molecule has 0 aromatic heterocycles. The topological polar surface area (TPSA) is 67.6 Å². The van der Waals surface area contributed by atoms with Gasteiger partial charge < -0.3 is 15.8 Å². The standard InChI is InChI=1S/C15H29N3O2.2ClH/c1-12-10-18(11-13(2)20-12)9-5-8-17-14(19)15(16)6-3-4-7-15;;/h12-13H,3-11,16H2,1-2H3,(H,17,19);2*1H. The third-order valence-electron chi connectivity index (χ3n) is 4.38. The van der Waals surface area contributed by atoms with Crippen molar-refractivity contribution in [3.8, 4) is 0 Å². The summed E-state index contributed by atoms with van der Waals surface area (Å²) in [6.07, 6.45) is 5.40. The molecule has 22 heavy (non-hydrogen) atoms. The molecule has 2 aliphatic rings. The molecule has 2 rings (SSSR count). The van der Waals surface area contributed by atoms with E-state index in [0.29, 0.717) is 12.2 Å². The fourth-order valence-corrected chi connectivity index (χ4v) is 3.38. The third-order valence-corrected chi connectivity index (χ3v) is 4.38. The quantitative estimate of drug-likeness (QED) is 0.736. The van der Waals surface area contributed by atoms with Crippen LogP contribution in [0.2, 0.25) is 0 Å². The largest absolute Gasteiger partial charge is 0.373 e. The number of rotatable bonds is 5. The monoisotopic (exact) mass is 355 g/mol. The van der Waals surface area contributed by atoms with Gasteiger partial charge in [0.15, 0.2) is 0 Å². The minimum absolute atomic E-state index is 0. The first-order valence-corrected chi connectivity index (χ1v) is 7.94. The maximum absolute atomic E-state index is 12.1. The Kier molecular flexibility index (Phi) is 9.90. The molecule has 0 bridgehead atoms. The number of hydrogen-bond acceptors (Lipinski definition) is 4. The summed E-state index contributed by atoms with van der Waals surface area (Å²) in [6, 6.07) is 0. The third kappa shape index (κ3) is 6.20. The summed E-state index contributed by atoms with van der Waals surface area (Å²) < 4.78 is 5.71. The van der Waals surface area contributed by atoms with Gasteiger partial charge in [0.2, 0.25) is 5.91 Å². The Morgan fingerprint density at radius 2 is 1.77 bits per heavy atom. The van der Waals surface area contributed by atoms with E-state index in [0.717, 1.165) is 58.3 Å². The van der Waals surface area contributed by atoms with Gasteiger partial charge in [-0.25, -0.2) is 0 Å². The molecule has 2 unspecified atom stereocenters. The van der Waals surface area contributed by atoms with Gasteiger partial charge in [-0.1, -0.05) is 12.8 Å². The van der Waals surface area contributed by atoms with Crippen LogP contribution in [0.3, 0.4) is 0 Å². The Labute approximate surface area is 146 Å². The highest BCUT2D eigenvalue weighted by atomic mass is 35.5. The Morgan fingerprint density at radius 3 is 2.32 bits per heavy atom. The second-order valence-corrected chi connectivity index (χ2v) is 6.49. The number of halogens is 2. The molecule has 1 aliphatic heterocycles. The van der Waals surface area contributed by atoms with Crippen LogP contribution in [-0.2, 0) is 9.53 Å². The summed E-state index contributed by atoms with van der Waals surface area (Å²) >= 11 is 0. The predicted octanol–water partition coefficient (Wildman–Crippen LogP) is 1.72. The van der Waals surface area contributed by atoms with E-state index in [2.05, 4.69) is 24.1 Å². The average molecular weight is 356 g/mol. The summed E-state index contributed by atoms with van der Waals surface area (Å²) in [5, 5.41) is 3.01. The van der Waals surface area contributed by atoms with E-state index in [1.165, 1.54) is 0 Å². The average Bonchev–Trinajstić information content (AvgIpc) is 2.81. The molecule has 0 radical (unpaired) electrons. The molecular formula is C15H31Cl2N3O2. The fourth-order valence-electron chi connectivity index (χ4n) is 3.38. The molecule has 3 N–H and O–H groups in total. The molecule has 1 heterocycles. The molecule has 1 saturated heterocycles. The highest BCUT2D eigenvalue weighted by molar-refractivity contribution is 5.86. The van der Waals surface area contributed by atoms with Gasteiger partial charge in [-0.2, -0.15) is 0 Å². The van der Waals surface area contributed by atoms with Gasteiger partial charge >= 0.3 is 0 Å². The maximum atomic E-state index is 12.1. The van der Waals surface area contributed by atoms with E-state index in [-0.39, 0.29) is 30.7 Å². The molecule has 5 nitrogen and oxygen atoms in total. The molecule has 2 fully saturated rings. The first-order valence-electron chi connectivity index (χ1n) is 7.94. The van der Waals surface area contributed by atoms with Gasteiger partial charge in [0.1, 0.15) is 0 Å². The van der Waals surface area contributed by atoms with Crippen LogP contribution in [0.5, 0.6) is 0 Å². The van der Waals surface area contributed by atoms with Gasteiger partial charge in [0, 0.05) is 26.2 Å². The predicted molar refractivity (Wildman–Crippen MR) is 94.0 cm³/mol. The van der Waals surface area contributed by atoms with Crippen LogP contribution in [-0.4, -0.2) is 54.7 Å². The van der Waals surface area contributed by atoms with Crippen LogP contribution in [0.4, 0.5) is 0 Å². The van der Waals surface area contributed by atoms with Crippen LogP contribution in [0.25, 0.3) is 0 Å². The number of nitrogens with zero attached hydrogens (tertiary/aromatic N) is 1. The van der Waals surface area contributed by atoms with E-state index in [9.17, 15) is 4.79 Å². The molecule has 0 spiro atoms. The highest BCUT2D eigenvalue weighted by Gasteiger charge is 2.36. The number of hydrogen-bond donors (Lipinski definition) is 2. The van der Waals surface area contributed by atoms with Gasteiger partial charge in [-0.3, -0.25) is 9.69 Å². The molecule has 0 aromatic rings. The maximum Gasteiger partial charge on any atom is 0.240 e.